The second-order valence-corrected chi connectivity index (χ2v) is 8.37. The summed E-state index contributed by atoms with van der Waals surface area (Å²) in [5.41, 5.74) is 1.78. The molecule has 1 amide bonds. The van der Waals surface area contributed by atoms with E-state index in [4.69, 9.17) is 0 Å². The quantitative estimate of drug-likeness (QED) is 0.359. The maximum atomic E-state index is 14.3. The Labute approximate surface area is 174 Å². The van der Waals surface area contributed by atoms with Crippen molar-refractivity contribution in [3.63, 3.8) is 0 Å². The van der Waals surface area contributed by atoms with Crippen molar-refractivity contribution in [2.45, 2.75) is 18.5 Å². The smallest absolute Gasteiger partial charge is 0.217 e. The van der Waals surface area contributed by atoms with Crippen LogP contribution in [-0.4, -0.2) is 38.6 Å². The minimum absolute atomic E-state index is 0.135. The third-order valence-corrected chi connectivity index (χ3v) is 6.33. The van der Waals surface area contributed by atoms with Crippen LogP contribution < -0.4 is 5.32 Å². The molecule has 1 N–H and O–H groups in total. The summed E-state index contributed by atoms with van der Waals surface area (Å²) in [5.74, 6) is -0.649. The molecule has 29 heavy (non-hydrogen) atoms. The highest BCUT2D eigenvalue weighted by molar-refractivity contribution is 7.99. The zero-order valence-corrected chi connectivity index (χ0v) is 17.1. The van der Waals surface area contributed by atoms with Crippen molar-refractivity contribution in [3.05, 3.63) is 59.4 Å². The van der Waals surface area contributed by atoms with Gasteiger partial charge in [0.25, 0.3) is 0 Å². The molecule has 0 aliphatic carbocycles. The Balaban J connectivity index is 1.45. The molecule has 0 fully saturated rings. The number of amides is 1. The fourth-order valence-electron chi connectivity index (χ4n) is 2.96. The summed E-state index contributed by atoms with van der Waals surface area (Å²) in [6.07, 6.45) is 0.373. The molecule has 0 radical (unpaired) electrons. The summed E-state index contributed by atoms with van der Waals surface area (Å²) in [6.45, 7) is 1.77. The zero-order chi connectivity index (χ0) is 20.4. The summed E-state index contributed by atoms with van der Waals surface area (Å²) >= 11 is 2.82. The van der Waals surface area contributed by atoms with Crippen LogP contribution in [0.15, 0.2) is 47.6 Å². The summed E-state index contributed by atoms with van der Waals surface area (Å²) in [5, 5.41) is 11.6. The van der Waals surface area contributed by atoms with Crippen LogP contribution in [0.5, 0.6) is 0 Å². The van der Waals surface area contributed by atoms with Crippen molar-refractivity contribution in [2.75, 3.05) is 12.3 Å². The molecule has 0 saturated heterocycles. The first-order valence-corrected chi connectivity index (χ1v) is 10.7. The van der Waals surface area contributed by atoms with Gasteiger partial charge in [-0.2, -0.15) is 0 Å². The molecular formula is C20H17FN4O2S2. The molecule has 2 aromatic carbocycles. The van der Waals surface area contributed by atoms with Crippen LogP contribution in [0, 0.1) is 5.82 Å². The predicted molar refractivity (Wildman–Crippen MR) is 112 cm³/mol. The summed E-state index contributed by atoms with van der Waals surface area (Å²) in [7, 11) is 0. The van der Waals surface area contributed by atoms with Gasteiger partial charge in [0.2, 0.25) is 10.9 Å². The lowest BCUT2D eigenvalue weighted by Gasteiger charge is -2.06. The van der Waals surface area contributed by atoms with Crippen molar-refractivity contribution < 1.29 is 14.0 Å². The molecule has 4 rings (SSSR count). The number of aromatic nitrogens is 3. The van der Waals surface area contributed by atoms with Crippen molar-refractivity contribution >= 4 is 50.0 Å². The average molecular weight is 429 g/mol. The third kappa shape index (κ3) is 4.15. The maximum Gasteiger partial charge on any atom is 0.217 e. The van der Waals surface area contributed by atoms with Gasteiger partial charge in [0.1, 0.15) is 5.82 Å². The van der Waals surface area contributed by atoms with Gasteiger partial charge in [0.15, 0.2) is 10.9 Å². The fraction of sp³-hybridized carbons (Fsp3) is 0.200. The molecule has 6 nitrogen and oxygen atoms in total. The van der Waals surface area contributed by atoms with Crippen LogP contribution in [0.4, 0.5) is 4.39 Å². The molecule has 2 aromatic heterocycles. The lowest BCUT2D eigenvalue weighted by molar-refractivity contribution is -0.118. The topological polar surface area (TPSA) is 76.4 Å². The number of benzene rings is 2. The van der Waals surface area contributed by atoms with E-state index in [1.54, 1.807) is 23.5 Å². The first kappa shape index (κ1) is 19.5. The Kier molecular flexibility index (Phi) is 5.59. The largest absolute Gasteiger partial charge is 0.356 e. The van der Waals surface area contributed by atoms with Gasteiger partial charge in [-0.05, 0) is 30.2 Å². The fourth-order valence-corrected chi connectivity index (χ4v) is 4.82. The molecule has 0 aliphatic heterocycles. The lowest BCUT2D eigenvalue weighted by atomic mass is 10.1. The van der Waals surface area contributed by atoms with Gasteiger partial charge in [-0.3, -0.25) is 14.0 Å². The van der Waals surface area contributed by atoms with Gasteiger partial charge in [-0.25, -0.2) is 4.39 Å². The molecule has 2 heterocycles. The molecule has 4 aromatic rings. The normalized spacial score (nSPS) is 11.2. The average Bonchev–Trinajstić information content (AvgIpc) is 3.26. The van der Waals surface area contributed by atoms with Gasteiger partial charge in [-0.1, -0.05) is 47.4 Å². The number of hydrogen-bond donors (Lipinski definition) is 1. The van der Waals surface area contributed by atoms with Crippen LogP contribution >= 0.6 is 23.1 Å². The van der Waals surface area contributed by atoms with Crippen molar-refractivity contribution in [1.29, 1.82) is 0 Å². The standard InChI is InChI=1S/C20H17FN4O2S2/c1-12(26)22-9-8-13-6-7-14(10-15(13)21)17(27)11-28-19-23-24-20-25(19)16-4-2-3-5-18(16)29-20/h2-7,10H,8-9,11H2,1H3,(H,22,26). The Hall–Kier alpha value is -2.78. The minimum Gasteiger partial charge on any atom is -0.356 e. The Bertz CT molecular complexity index is 1220. The molecule has 0 atom stereocenters. The molecule has 0 spiro atoms. The van der Waals surface area contributed by atoms with E-state index in [1.807, 2.05) is 28.7 Å². The second-order valence-electron chi connectivity index (χ2n) is 6.42. The Morgan fingerprint density at radius 3 is 2.83 bits per heavy atom. The number of Topliss-reactive ketones (excluding diaryl/α,β-unsaturated/α-hetero) is 1. The minimum atomic E-state index is -0.445. The van der Waals surface area contributed by atoms with E-state index in [2.05, 4.69) is 15.5 Å². The van der Waals surface area contributed by atoms with E-state index in [-0.39, 0.29) is 17.4 Å². The summed E-state index contributed by atoms with van der Waals surface area (Å²) in [4.78, 5) is 24.2. The number of thiazole rings is 1. The molecule has 0 aliphatic rings. The number of fused-ring (bicyclic) bond motifs is 3. The lowest BCUT2D eigenvalue weighted by Crippen LogP contribution is -2.22. The summed E-state index contributed by atoms with van der Waals surface area (Å²) < 4.78 is 17.3. The Morgan fingerprint density at radius 2 is 2.03 bits per heavy atom. The molecule has 0 bridgehead atoms. The number of halogens is 1. The second kappa shape index (κ2) is 8.30. The third-order valence-electron chi connectivity index (χ3n) is 4.39. The molecule has 9 heteroatoms. The number of para-hydroxylation sites is 1. The van der Waals surface area contributed by atoms with E-state index < -0.39 is 5.82 Å². The van der Waals surface area contributed by atoms with Gasteiger partial charge in [0.05, 0.1) is 16.0 Å². The number of carbonyl (C=O) groups excluding carboxylic acids is 2. The number of ketones is 1. The predicted octanol–water partition coefficient (Wildman–Crippen LogP) is 3.74. The first-order chi connectivity index (χ1) is 14.0. The highest BCUT2D eigenvalue weighted by Crippen LogP contribution is 2.29. The van der Waals surface area contributed by atoms with Crippen LogP contribution in [0.2, 0.25) is 0 Å². The van der Waals surface area contributed by atoms with Crippen LogP contribution in [0.25, 0.3) is 15.2 Å². The van der Waals surface area contributed by atoms with Gasteiger partial charge in [0, 0.05) is 19.0 Å². The van der Waals surface area contributed by atoms with Crippen molar-refractivity contribution in [2.24, 2.45) is 0 Å². The van der Waals surface area contributed by atoms with Gasteiger partial charge < -0.3 is 5.32 Å². The van der Waals surface area contributed by atoms with E-state index in [0.717, 1.165) is 15.2 Å². The van der Waals surface area contributed by atoms with Crippen LogP contribution in [0.1, 0.15) is 22.8 Å². The number of carbonyl (C=O) groups is 2. The van der Waals surface area contributed by atoms with Gasteiger partial charge in [-0.15, -0.1) is 10.2 Å². The van der Waals surface area contributed by atoms with E-state index >= 15 is 0 Å². The monoisotopic (exact) mass is 428 g/mol. The Morgan fingerprint density at radius 1 is 1.21 bits per heavy atom. The summed E-state index contributed by atoms with van der Waals surface area (Å²) in [6, 6.07) is 12.4. The molecule has 0 saturated carbocycles. The van der Waals surface area contributed by atoms with Crippen LogP contribution in [-0.2, 0) is 11.2 Å². The maximum absolute atomic E-state index is 14.3. The first-order valence-electron chi connectivity index (χ1n) is 8.94. The van der Waals surface area contributed by atoms with Crippen molar-refractivity contribution in [1.82, 2.24) is 19.9 Å². The highest BCUT2D eigenvalue weighted by atomic mass is 32.2. The zero-order valence-electron chi connectivity index (χ0n) is 15.5. The highest BCUT2D eigenvalue weighted by Gasteiger charge is 2.15. The number of nitrogens with one attached hydrogen (secondary N) is 1. The number of hydrogen-bond acceptors (Lipinski definition) is 6. The van der Waals surface area contributed by atoms with Gasteiger partial charge >= 0.3 is 0 Å². The van der Waals surface area contributed by atoms with E-state index in [1.165, 1.54) is 24.8 Å². The molecular weight excluding hydrogens is 411 g/mol. The van der Waals surface area contributed by atoms with Crippen LogP contribution in [0.3, 0.4) is 0 Å². The molecule has 0 unspecified atom stereocenters. The molecule has 148 valence electrons. The number of rotatable bonds is 7. The van der Waals surface area contributed by atoms with E-state index in [0.29, 0.717) is 29.2 Å². The number of nitrogens with zero attached hydrogens (tertiary/aromatic N) is 3. The SMILES string of the molecule is CC(=O)NCCc1ccc(C(=O)CSc2nnc3sc4ccccc4n23)cc1F. The van der Waals surface area contributed by atoms with E-state index in [9.17, 15) is 14.0 Å². The number of thioether (sulfide) groups is 1. The van der Waals surface area contributed by atoms with Crippen molar-refractivity contribution in [3.8, 4) is 0 Å².